The Morgan fingerprint density at radius 2 is 1.94 bits per heavy atom. The summed E-state index contributed by atoms with van der Waals surface area (Å²) in [5.74, 6) is 1.21. The molecule has 0 aromatic carbocycles. The molecule has 4 heterocycles. The largest absolute Gasteiger partial charge is 0.350 e. The number of aromatic nitrogens is 6. The van der Waals surface area contributed by atoms with Crippen molar-refractivity contribution in [2.24, 2.45) is 13.0 Å². The molecule has 1 N–H and O–H groups in total. The van der Waals surface area contributed by atoms with Gasteiger partial charge >= 0.3 is 0 Å². The van der Waals surface area contributed by atoms with Crippen LogP contribution in [0.2, 0.25) is 0 Å². The molecule has 0 aliphatic heterocycles. The standard InChI is InChI=1S/C24H25N7O/c1-30-21(8-11-29-30)23-27-13-19(14-28-23)18-12-22(31(16-18)15-17-5-6-17)24(32)26-10-7-20-4-2-3-9-25-20/h2-4,8-9,11-14,16-17H,5-7,10,15H2,1H3,(H,26,32). The van der Waals surface area contributed by atoms with Crippen molar-refractivity contribution in [3.63, 3.8) is 0 Å². The zero-order valence-electron chi connectivity index (χ0n) is 18.0. The van der Waals surface area contributed by atoms with Gasteiger partial charge in [0, 0.05) is 74.4 Å². The van der Waals surface area contributed by atoms with E-state index in [9.17, 15) is 4.79 Å². The lowest BCUT2D eigenvalue weighted by Gasteiger charge is -2.09. The van der Waals surface area contributed by atoms with Gasteiger partial charge in [0.1, 0.15) is 11.4 Å². The molecule has 0 bridgehead atoms. The van der Waals surface area contributed by atoms with Gasteiger partial charge in [-0.25, -0.2) is 9.97 Å². The summed E-state index contributed by atoms with van der Waals surface area (Å²) in [5, 5.41) is 7.21. The monoisotopic (exact) mass is 427 g/mol. The first kappa shape index (κ1) is 20.1. The van der Waals surface area contributed by atoms with Crippen LogP contribution in [-0.4, -0.2) is 41.8 Å². The van der Waals surface area contributed by atoms with Gasteiger partial charge in [0.25, 0.3) is 5.91 Å². The van der Waals surface area contributed by atoms with E-state index in [1.54, 1.807) is 29.5 Å². The molecule has 0 saturated heterocycles. The highest BCUT2D eigenvalue weighted by molar-refractivity contribution is 5.94. The van der Waals surface area contributed by atoms with Crippen LogP contribution in [0.4, 0.5) is 0 Å². The number of amides is 1. The average molecular weight is 428 g/mol. The summed E-state index contributed by atoms with van der Waals surface area (Å²) >= 11 is 0. The van der Waals surface area contributed by atoms with Crippen molar-refractivity contribution in [3.05, 3.63) is 72.7 Å². The maximum Gasteiger partial charge on any atom is 0.267 e. The van der Waals surface area contributed by atoms with Gasteiger partial charge in [-0.15, -0.1) is 0 Å². The summed E-state index contributed by atoms with van der Waals surface area (Å²) in [6.45, 7) is 1.40. The number of carbonyl (C=O) groups is 1. The molecule has 0 atom stereocenters. The van der Waals surface area contributed by atoms with Crippen LogP contribution in [-0.2, 0) is 20.0 Å². The Labute approximate surface area is 186 Å². The highest BCUT2D eigenvalue weighted by Gasteiger charge is 2.24. The third-order valence-corrected chi connectivity index (χ3v) is 5.71. The van der Waals surface area contributed by atoms with Crippen LogP contribution in [0.5, 0.6) is 0 Å². The third kappa shape index (κ3) is 4.44. The summed E-state index contributed by atoms with van der Waals surface area (Å²) in [4.78, 5) is 26.3. The van der Waals surface area contributed by atoms with Crippen LogP contribution in [0, 0.1) is 5.92 Å². The summed E-state index contributed by atoms with van der Waals surface area (Å²) in [6, 6.07) is 9.63. The molecular weight excluding hydrogens is 402 g/mol. The van der Waals surface area contributed by atoms with E-state index < -0.39 is 0 Å². The molecule has 1 amide bonds. The molecule has 1 aliphatic rings. The molecule has 4 aromatic heterocycles. The van der Waals surface area contributed by atoms with Gasteiger partial charge < -0.3 is 9.88 Å². The van der Waals surface area contributed by atoms with Gasteiger partial charge in [-0.05, 0) is 43.0 Å². The number of carbonyl (C=O) groups excluding carboxylic acids is 1. The minimum absolute atomic E-state index is 0.0692. The van der Waals surface area contributed by atoms with E-state index in [4.69, 9.17) is 0 Å². The fourth-order valence-corrected chi connectivity index (χ4v) is 3.73. The molecule has 0 spiro atoms. The fraction of sp³-hybridized carbons (Fsp3) is 0.292. The van der Waals surface area contributed by atoms with E-state index in [1.165, 1.54) is 12.8 Å². The summed E-state index contributed by atoms with van der Waals surface area (Å²) in [5.41, 5.74) is 4.32. The van der Waals surface area contributed by atoms with Crippen molar-refractivity contribution in [1.29, 1.82) is 0 Å². The number of aryl methyl sites for hydroxylation is 1. The lowest BCUT2D eigenvalue weighted by atomic mass is 10.2. The Morgan fingerprint density at radius 1 is 1.09 bits per heavy atom. The number of hydrogen-bond acceptors (Lipinski definition) is 5. The molecule has 1 aliphatic carbocycles. The van der Waals surface area contributed by atoms with Crippen LogP contribution in [0.15, 0.2) is 61.3 Å². The lowest BCUT2D eigenvalue weighted by molar-refractivity contribution is 0.0944. The fourth-order valence-electron chi connectivity index (χ4n) is 3.73. The van der Waals surface area contributed by atoms with Crippen LogP contribution in [0.25, 0.3) is 22.6 Å². The topological polar surface area (TPSA) is 90.5 Å². The Morgan fingerprint density at radius 3 is 2.62 bits per heavy atom. The van der Waals surface area contributed by atoms with Gasteiger partial charge in [-0.2, -0.15) is 5.10 Å². The van der Waals surface area contributed by atoms with Crippen molar-refractivity contribution in [2.45, 2.75) is 25.8 Å². The van der Waals surface area contributed by atoms with E-state index in [1.807, 2.05) is 43.6 Å². The van der Waals surface area contributed by atoms with Crippen LogP contribution in [0.1, 0.15) is 29.0 Å². The van der Waals surface area contributed by atoms with Crippen molar-refractivity contribution in [1.82, 2.24) is 34.6 Å². The average Bonchev–Trinajstić information content (AvgIpc) is 3.37. The van der Waals surface area contributed by atoms with Gasteiger partial charge in [-0.3, -0.25) is 14.5 Å². The second-order valence-electron chi connectivity index (χ2n) is 8.17. The smallest absolute Gasteiger partial charge is 0.267 e. The highest BCUT2D eigenvalue weighted by Crippen LogP contribution is 2.32. The predicted molar refractivity (Wildman–Crippen MR) is 121 cm³/mol. The normalized spacial score (nSPS) is 13.3. The van der Waals surface area contributed by atoms with E-state index in [0.717, 1.165) is 29.1 Å². The van der Waals surface area contributed by atoms with E-state index in [-0.39, 0.29) is 5.91 Å². The maximum atomic E-state index is 13.0. The Balaban J connectivity index is 1.33. The molecule has 0 radical (unpaired) electrons. The van der Waals surface area contributed by atoms with Crippen molar-refractivity contribution in [2.75, 3.05) is 6.54 Å². The van der Waals surface area contributed by atoms with E-state index >= 15 is 0 Å². The Hall–Kier alpha value is -3.81. The molecule has 32 heavy (non-hydrogen) atoms. The minimum atomic E-state index is -0.0692. The molecule has 8 heteroatoms. The molecule has 0 unspecified atom stereocenters. The SMILES string of the molecule is Cn1nccc1-c1ncc(-c2cc(C(=O)NCCc3ccccn3)n(CC3CC3)c2)cn1. The summed E-state index contributed by atoms with van der Waals surface area (Å²) in [7, 11) is 1.86. The number of hydrogen-bond donors (Lipinski definition) is 1. The number of nitrogens with one attached hydrogen (secondary N) is 1. The maximum absolute atomic E-state index is 13.0. The molecular formula is C24H25N7O. The third-order valence-electron chi connectivity index (χ3n) is 5.71. The Kier molecular flexibility index (Phi) is 5.49. The van der Waals surface area contributed by atoms with Gasteiger partial charge in [0.2, 0.25) is 0 Å². The second-order valence-corrected chi connectivity index (χ2v) is 8.17. The molecule has 1 saturated carbocycles. The van der Waals surface area contributed by atoms with Gasteiger partial charge in [0.05, 0.1) is 0 Å². The number of nitrogens with zero attached hydrogens (tertiary/aromatic N) is 6. The highest BCUT2D eigenvalue weighted by atomic mass is 16.1. The first-order chi connectivity index (χ1) is 15.7. The molecule has 1 fully saturated rings. The van der Waals surface area contributed by atoms with Crippen molar-refractivity contribution < 1.29 is 4.79 Å². The summed E-state index contributed by atoms with van der Waals surface area (Å²) in [6.07, 6.45) is 12.3. The first-order valence-corrected chi connectivity index (χ1v) is 10.9. The van der Waals surface area contributed by atoms with Crippen LogP contribution >= 0.6 is 0 Å². The zero-order valence-corrected chi connectivity index (χ0v) is 18.0. The molecule has 5 rings (SSSR count). The van der Waals surface area contributed by atoms with E-state index in [2.05, 4.69) is 29.9 Å². The van der Waals surface area contributed by atoms with Crippen LogP contribution in [0.3, 0.4) is 0 Å². The second kappa shape index (κ2) is 8.74. The zero-order chi connectivity index (χ0) is 21.9. The Bertz CT molecular complexity index is 1210. The molecule has 162 valence electrons. The summed E-state index contributed by atoms with van der Waals surface area (Å²) < 4.78 is 3.81. The quantitative estimate of drug-likeness (QED) is 0.467. The number of rotatable bonds is 8. The molecule has 4 aromatic rings. The number of pyridine rings is 1. The van der Waals surface area contributed by atoms with Crippen LogP contribution < -0.4 is 5.32 Å². The van der Waals surface area contributed by atoms with Crippen molar-refractivity contribution >= 4 is 5.91 Å². The van der Waals surface area contributed by atoms with Gasteiger partial charge in [-0.1, -0.05) is 6.07 Å². The van der Waals surface area contributed by atoms with Gasteiger partial charge in [0.15, 0.2) is 5.82 Å². The first-order valence-electron chi connectivity index (χ1n) is 10.9. The van der Waals surface area contributed by atoms with Crippen molar-refractivity contribution in [3.8, 4) is 22.6 Å². The predicted octanol–water partition coefficient (Wildman–Crippen LogP) is 3.12. The lowest BCUT2D eigenvalue weighted by Crippen LogP contribution is -2.28. The van der Waals surface area contributed by atoms with E-state index in [0.29, 0.717) is 30.4 Å². The minimum Gasteiger partial charge on any atom is -0.350 e. The molecule has 8 nitrogen and oxygen atoms in total.